The number of carbonyl (C=O) groups excluding carboxylic acids is 3. The quantitative estimate of drug-likeness (QED) is 0.361. The Morgan fingerprint density at radius 3 is 2.25 bits per heavy atom. The van der Waals surface area contributed by atoms with E-state index in [0.717, 1.165) is 15.4 Å². The van der Waals surface area contributed by atoms with Gasteiger partial charge in [0.25, 0.3) is 15.9 Å². The highest BCUT2D eigenvalue weighted by atomic mass is 35.5. The van der Waals surface area contributed by atoms with E-state index < -0.39 is 27.9 Å². The number of halogens is 1. The number of benzene rings is 3. The highest BCUT2D eigenvalue weighted by molar-refractivity contribution is 7.90. The van der Waals surface area contributed by atoms with E-state index in [0.29, 0.717) is 11.4 Å². The van der Waals surface area contributed by atoms with Crippen molar-refractivity contribution in [1.82, 2.24) is 14.5 Å². The van der Waals surface area contributed by atoms with Gasteiger partial charge in [-0.3, -0.25) is 14.4 Å². The van der Waals surface area contributed by atoms with Gasteiger partial charge in [0, 0.05) is 37.0 Å². The van der Waals surface area contributed by atoms with Gasteiger partial charge in [0.15, 0.2) is 0 Å². The number of amides is 3. The molecule has 1 N–H and O–H groups in total. The minimum atomic E-state index is -4.07. The van der Waals surface area contributed by atoms with Gasteiger partial charge in [-0.05, 0) is 48.7 Å². The highest BCUT2D eigenvalue weighted by Crippen LogP contribution is 2.30. The molecule has 0 aliphatic carbocycles. The first-order chi connectivity index (χ1) is 19.1. The summed E-state index contributed by atoms with van der Waals surface area (Å²) in [5, 5.41) is 3.53. The number of sulfonamides is 1. The summed E-state index contributed by atoms with van der Waals surface area (Å²) in [4.78, 5) is 41.7. The first-order valence-electron chi connectivity index (χ1n) is 13.2. The molecular formula is C30H32ClN3O5S. The Labute approximate surface area is 240 Å². The summed E-state index contributed by atoms with van der Waals surface area (Å²) in [7, 11) is -4.07. The molecule has 4 rings (SSSR count). The van der Waals surface area contributed by atoms with Crippen LogP contribution in [0, 0.1) is 0 Å². The number of nitrogens with zero attached hydrogens (tertiary/aromatic N) is 2. The Kier molecular flexibility index (Phi) is 9.27. The van der Waals surface area contributed by atoms with E-state index in [1.54, 1.807) is 36.4 Å². The van der Waals surface area contributed by atoms with Gasteiger partial charge in [0.2, 0.25) is 11.8 Å². The third-order valence-corrected chi connectivity index (χ3v) is 9.07. The molecule has 0 radical (unpaired) electrons. The van der Waals surface area contributed by atoms with Crippen LogP contribution >= 0.6 is 11.6 Å². The van der Waals surface area contributed by atoms with Crippen molar-refractivity contribution in [3.8, 4) is 0 Å². The number of hydrogen-bond acceptors (Lipinski definition) is 5. The molecule has 0 saturated carbocycles. The molecule has 40 heavy (non-hydrogen) atoms. The van der Waals surface area contributed by atoms with Crippen LogP contribution < -0.4 is 5.32 Å². The Hall–Kier alpha value is -3.69. The van der Waals surface area contributed by atoms with Crippen LogP contribution in [-0.4, -0.2) is 54.0 Å². The minimum Gasteiger partial charge on any atom is -0.352 e. The Balaban J connectivity index is 1.64. The summed E-state index contributed by atoms with van der Waals surface area (Å²) in [6.07, 6.45) is 0.688. The topological polar surface area (TPSA) is 104 Å². The number of hydrogen-bond donors (Lipinski definition) is 1. The molecule has 10 heteroatoms. The van der Waals surface area contributed by atoms with Crippen LogP contribution in [0.3, 0.4) is 0 Å². The second kappa shape index (κ2) is 12.7. The maximum absolute atomic E-state index is 13.8. The fraction of sp³-hybridized carbons (Fsp3) is 0.300. The van der Waals surface area contributed by atoms with Crippen LogP contribution in [0.15, 0.2) is 83.8 Å². The van der Waals surface area contributed by atoms with Crippen molar-refractivity contribution in [3.63, 3.8) is 0 Å². The molecule has 3 aromatic rings. The molecule has 0 aromatic heterocycles. The molecular weight excluding hydrogens is 550 g/mol. The summed E-state index contributed by atoms with van der Waals surface area (Å²) >= 11 is 6.07. The maximum atomic E-state index is 13.8. The second-order valence-electron chi connectivity index (χ2n) is 9.80. The molecule has 1 aliphatic rings. The predicted molar refractivity (Wildman–Crippen MR) is 153 cm³/mol. The third kappa shape index (κ3) is 6.54. The zero-order chi connectivity index (χ0) is 28.9. The lowest BCUT2D eigenvalue weighted by atomic mass is 10.0. The van der Waals surface area contributed by atoms with E-state index in [2.05, 4.69) is 5.32 Å². The SMILES string of the molecule is CC[C@H](C)NC(=O)[C@@H](Cc1ccccc1)N(Cc1ccc(Cl)cc1)C(=O)CCN1C(=O)c2ccccc2S1(=O)=O. The third-order valence-electron chi connectivity index (χ3n) is 6.98. The summed E-state index contributed by atoms with van der Waals surface area (Å²) in [5.74, 6) is -1.42. The maximum Gasteiger partial charge on any atom is 0.269 e. The predicted octanol–water partition coefficient (Wildman–Crippen LogP) is 4.43. The van der Waals surface area contributed by atoms with Gasteiger partial charge in [-0.1, -0.05) is 73.1 Å². The smallest absolute Gasteiger partial charge is 0.269 e. The fourth-order valence-electron chi connectivity index (χ4n) is 4.57. The van der Waals surface area contributed by atoms with Crippen molar-refractivity contribution < 1.29 is 22.8 Å². The Bertz CT molecular complexity index is 1480. The van der Waals surface area contributed by atoms with Gasteiger partial charge < -0.3 is 10.2 Å². The first kappa shape index (κ1) is 29.3. The van der Waals surface area contributed by atoms with Crippen molar-refractivity contribution in [2.75, 3.05) is 6.54 Å². The summed E-state index contributed by atoms with van der Waals surface area (Å²) in [6.45, 7) is 3.61. The van der Waals surface area contributed by atoms with Gasteiger partial charge >= 0.3 is 0 Å². The van der Waals surface area contributed by atoms with E-state index >= 15 is 0 Å². The van der Waals surface area contributed by atoms with E-state index in [-0.39, 0.29) is 48.3 Å². The van der Waals surface area contributed by atoms with Crippen molar-refractivity contribution in [2.45, 2.75) is 56.6 Å². The van der Waals surface area contributed by atoms with Gasteiger partial charge in [0.05, 0.1) is 5.56 Å². The lowest BCUT2D eigenvalue weighted by molar-refractivity contribution is -0.141. The normalized spacial score (nSPS) is 15.3. The van der Waals surface area contributed by atoms with E-state index in [1.165, 1.54) is 17.0 Å². The summed E-state index contributed by atoms with van der Waals surface area (Å²) in [5.41, 5.74) is 1.71. The van der Waals surface area contributed by atoms with Crippen LogP contribution in [0.5, 0.6) is 0 Å². The van der Waals surface area contributed by atoms with Crippen molar-refractivity contribution in [3.05, 3.63) is 101 Å². The number of carbonyl (C=O) groups is 3. The molecule has 0 spiro atoms. The molecule has 0 fully saturated rings. The van der Waals surface area contributed by atoms with Crippen LogP contribution in [0.25, 0.3) is 0 Å². The molecule has 1 heterocycles. The average Bonchev–Trinajstić information content (AvgIpc) is 3.15. The molecule has 0 saturated heterocycles. The molecule has 1 aliphatic heterocycles. The summed E-state index contributed by atoms with van der Waals surface area (Å²) in [6, 6.07) is 21.4. The van der Waals surface area contributed by atoms with Gasteiger partial charge in [-0.15, -0.1) is 0 Å². The van der Waals surface area contributed by atoms with Gasteiger partial charge in [-0.2, -0.15) is 0 Å². The Morgan fingerprint density at radius 1 is 0.950 bits per heavy atom. The molecule has 0 unspecified atom stereocenters. The Morgan fingerprint density at radius 2 is 1.60 bits per heavy atom. The van der Waals surface area contributed by atoms with Crippen LogP contribution in [0.1, 0.15) is 48.2 Å². The standard InChI is InChI=1S/C30H32ClN3O5S/c1-3-21(2)32-29(36)26(19-22-9-5-4-6-10-22)33(20-23-13-15-24(31)16-14-23)28(35)17-18-34-30(37)25-11-7-8-12-27(25)40(34,38)39/h4-16,21,26H,3,17-20H2,1-2H3,(H,32,36)/t21-,26+/m0/s1. The number of nitrogens with one attached hydrogen (secondary N) is 1. The molecule has 8 nitrogen and oxygen atoms in total. The minimum absolute atomic E-state index is 0.0691. The largest absolute Gasteiger partial charge is 0.352 e. The van der Waals surface area contributed by atoms with Crippen molar-refractivity contribution in [1.29, 1.82) is 0 Å². The van der Waals surface area contributed by atoms with E-state index in [4.69, 9.17) is 11.6 Å². The lowest BCUT2D eigenvalue weighted by Gasteiger charge is -2.32. The fourth-order valence-corrected chi connectivity index (χ4v) is 6.27. The van der Waals surface area contributed by atoms with Crippen molar-refractivity contribution in [2.24, 2.45) is 0 Å². The zero-order valence-electron chi connectivity index (χ0n) is 22.4. The molecule has 210 valence electrons. The second-order valence-corrected chi connectivity index (χ2v) is 12.1. The molecule has 2 atom stereocenters. The van der Waals surface area contributed by atoms with Gasteiger partial charge in [0.1, 0.15) is 10.9 Å². The number of fused-ring (bicyclic) bond motifs is 1. The average molecular weight is 582 g/mol. The molecule has 3 amide bonds. The van der Waals surface area contributed by atoms with Crippen LogP contribution in [0.4, 0.5) is 0 Å². The monoisotopic (exact) mass is 581 g/mol. The van der Waals surface area contributed by atoms with E-state index in [1.807, 2.05) is 44.2 Å². The lowest BCUT2D eigenvalue weighted by Crippen LogP contribution is -2.52. The van der Waals surface area contributed by atoms with Crippen LogP contribution in [0.2, 0.25) is 5.02 Å². The molecule has 3 aromatic carbocycles. The highest BCUT2D eigenvalue weighted by Gasteiger charge is 2.41. The van der Waals surface area contributed by atoms with Gasteiger partial charge in [-0.25, -0.2) is 12.7 Å². The van der Waals surface area contributed by atoms with Crippen LogP contribution in [-0.2, 0) is 32.6 Å². The number of rotatable bonds is 11. The zero-order valence-corrected chi connectivity index (χ0v) is 24.0. The first-order valence-corrected chi connectivity index (χ1v) is 15.0. The van der Waals surface area contributed by atoms with E-state index in [9.17, 15) is 22.8 Å². The van der Waals surface area contributed by atoms with Crippen molar-refractivity contribution >= 4 is 39.3 Å². The molecule has 0 bridgehead atoms. The summed E-state index contributed by atoms with van der Waals surface area (Å²) < 4.78 is 26.8.